The van der Waals surface area contributed by atoms with E-state index in [1.807, 2.05) is 18.5 Å². The summed E-state index contributed by atoms with van der Waals surface area (Å²) in [5, 5.41) is 4.97. The molecule has 4 heteroatoms. The largest absolute Gasteiger partial charge is 0.299 e. The molecule has 1 fully saturated rings. The molecule has 0 aliphatic heterocycles. The highest BCUT2D eigenvalue weighted by Crippen LogP contribution is 2.39. The summed E-state index contributed by atoms with van der Waals surface area (Å²) in [5.41, 5.74) is 1.70. The van der Waals surface area contributed by atoms with Gasteiger partial charge in [-0.2, -0.15) is 5.10 Å². The maximum Gasteiger partial charge on any atom is 0.142 e. The first-order chi connectivity index (χ1) is 7.54. The fourth-order valence-corrected chi connectivity index (χ4v) is 2.31. The minimum absolute atomic E-state index is 0.261. The van der Waals surface area contributed by atoms with Crippen molar-refractivity contribution >= 4 is 17.4 Å². The van der Waals surface area contributed by atoms with Crippen LogP contribution in [0.2, 0.25) is 5.02 Å². The van der Waals surface area contributed by atoms with E-state index in [1.165, 1.54) is 0 Å². The molecule has 0 radical (unpaired) electrons. The Morgan fingerprint density at radius 2 is 2.25 bits per heavy atom. The van der Waals surface area contributed by atoms with Crippen molar-refractivity contribution < 1.29 is 4.79 Å². The molecule has 0 spiro atoms. The summed E-state index contributed by atoms with van der Waals surface area (Å²) in [5.74, 6) is 1.13. The number of aryl methyl sites for hydroxylation is 2. The Labute approximate surface area is 101 Å². The number of nitrogens with zero attached hydrogens (tertiary/aromatic N) is 2. The van der Waals surface area contributed by atoms with E-state index in [2.05, 4.69) is 12.0 Å². The summed E-state index contributed by atoms with van der Waals surface area (Å²) in [7, 11) is 0. The minimum atomic E-state index is 0.261. The molecule has 1 aliphatic rings. The Morgan fingerprint density at radius 3 is 2.75 bits per heavy atom. The zero-order valence-electron chi connectivity index (χ0n) is 9.96. The standard InChI is InChI=1S/C12H17ClN2O/c1-4-15-10(12(13)8(3)14-15)6-11(16)9-5-7(9)2/h7,9H,4-6H2,1-3H3. The van der Waals surface area contributed by atoms with Crippen LogP contribution in [0.3, 0.4) is 0 Å². The molecule has 88 valence electrons. The Morgan fingerprint density at radius 1 is 1.62 bits per heavy atom. The van der Waals surface area contributed by atoms with E-state index in [-0.39, 0.29) is 5.92 Å². The van der Waals surface area contributed by atoms with Crippen LogP contribution in [-0.4, -0.2) is 15.6 Å². The van der Waals surface area contributed by atoms with Crippen molar-refractivity contribution in [3.05, 3.63) is 16.4 Å². The first-order valence-electron chi connectivity index (χ1n) is 5.79. The number of carbonyl (C=O) groups is 1. The molecule has 2 rings (SSSR count). The normalized spacial score (nSPS) is 23.5. The van der Waals surface area contributed by atoms with E-state index in [0.717, 1.165) is 24.4 Å². The number of hydrogen-bond acceptors (Lipinski definition) is 2. The molecule has 1 saturated carbocycles. The van der Waals surface area contributed by atoms with Crippen LogP contribution < -0.4 is 0 Å². The first kappa shape index (κ1) is 11.6. The predicted molar refractivity (Wildman–Crippen MR) is 63.6 cm³/mol. The van der Waals surface area contributed by atoms with Gasteiger partial charge in [0.1, 0.15) is 5.78 Å². The zero-order valence-corrected chi connectivity index (χ0v) is 10.7. The van der Waals surface area contributed by atoms with Crippen molar-refractivity contribution in [1.82, 2.24) is 9.78 Å². The molecule has 1 aromatic heterocycles. The van der Waals surface area contributed by atoms with Gasteiger partial charge in [0, 0.05) is 12.5 Å². The van der Waals surface area contributed by atoms with Crippen LogP contribution in [0.4, 0.5) is 0 Å². The SMILES string of the molecule is CCn1nc(C)c(Cl)c1CC(=O)C1CC1C. The molecule has 16 heavy (non-hydrogen) atoms. The lowest BCUT2D eigenvalue weighted by Gasteiger charge is -2.04. The molecule has 1 heterocycles. The molecule has 1 aliphatic carbocycles. The van der Waals surface area contributed by atoms with Crippen LogP contribution in [0.15, 0.2) is 0 Å². The Hall–Kier alpha value is -0.830. The lowest BCUT2D eigenvalue weighted by molar-refractivity contribution is -0.119. The number of carbonyl (C=O) groups excluding carboxylic acids is 1. The maximum atomic E-state index is 11.9. The predicted octanol–water partition coefficient (Wildman–Crippen LogP) is 2.63. The topological polar surface area (TPSA) is 34.9 Å². The maximum absolute atomic E-state index is 11.9. The Kier molecular flexibility index (Phi) is 3.06. The summed E-state index contributed by atoms with van der Waals surface area (Å²) in [6.07, 6.45) is 1.47. The number of halogens is 1. The smallest absolute Gasteiger partial charge is 0.142 e. The molecule has 0 N–H and O–H groups in total. The molecule has 2 unspecified atom stereocenters. The molecular weight excluding hydrogens is 224 g/mol. The van der Waals surface area contributed by atoms with Gasteiger partial charge in [0.15, 0.2) is 0 Å². The van der Waals surface area contributed by atoms with Crippen molar-refractivity contribution in [2.75, 3.05) is 0 Å². The summed E-state index contributed by atoms with van der Waals surface area (Å²) in [6, 6.07) is 0. The van der Waals surface area contributed by atoms with Crippen molar-refractivity contribution in [3.8, 4) is 0 Å². The molecule has 2 atom stereocenters. The average molecular weight is 241 g/mol. The third-order valence-corrected chi connectivity index (χ3v) is 3.81. The summed E-state index contributed by atoms with van der Waals surface area (Å²) >= 11 is 6.16. The minimum Gasteiger partial charge on any atom is -0.299 e. The van der Waals surface area contributed by atoms with E-state index in [4.69, 9.17) is 11.6 Å². The van der Waals surface area contributed by atoms with Gasteiger partial charge in [-0.1, -0.05) is 18.5 Å². The number of rotatable bonds is 4. The van der Waals surface area contributed by atoms with Gasteiger partial charge in [-0.15, -0.1) is 0 Å². The number of aromatic nitrogens is 2. The van der Waals surface area contributed by atoms with Gasteiger partial charge in [-0.05, 0) is 26.2 Å². The summed E-state index contributed by atoms with van der Waals surface area (Å²) in [4.78, 5) is 11.9. The van der Waals surface area contributed by atoms with Gasteiger partial charge in [-0.25, -0.2) is 0 Å². The van der Waals surface area contributed by atoms with Crippen molar-refractivity contribution in [3.63, 3.8) is 0 Å². The van der Waals surface area contributed by atoms with Crippen LogP contribution in [0.1, 0.15) is 31.7 Å². The van der Waals surface area contributed by atoms with E-state index in [0.29, 0.717) is 23.1 Å². The van der Waals surface area contributed by atoms with E-state index in [9.17, 15) is 4.79 Å². The van der Waals surface area contributed by atoms with E-state index in [1.54, 1.807) is 0 Å². The lowest BCUT2D eigenvalue weighted by atomic mass is 10.1. The Bertz CT molecular complexity index is 425. The van der Waals surface area contributed by atoms with E-state index >= 15 is 0 Å². The Balaban J connectivity index is 2.17. The van der Waals surface area contributed by atoms with Gasteiger partial charge >= 0.3 is 0 Å². The molecular formula is C12H17ClN2O. The monoisotopic (exact) mass is 240 g/mol. The van der Waals surface area contributed by atoms with Gasteiger partial charge in [0.25, 0.3) is 0 Å². The van der Waals surface area contributed by atoms with Crippen LogP contribution in [0, 0.1) is 18.8 Å². The molecule has 0 bridgehead atoms. The fraction of sp³-hybridized carbons (Fsp3) is 0.667. The second-order valence-corrected chi connectivity index (χ2v) is 5.00. The van der Waals surface area contributed by atoms with Crippen LogP contribution in [-0.2, 0) is 17.8 Å². The molecule has 3 nitrogen and oxygen atoms in total. The molecule has 0 aromatic carbocycles. The number of Topliss-reactive ketones (excluding diaryl/α,β-unsaturated/α-hetero) is 1. The van der Waals surface area contributed by atoms with Gasteiger partial charge in [0.2, 0.25) is 0 Å². The number of ketones is 1. The highest BCUT2D eigenvalue weighted by molar-refractivity contribution is 6.32. The molecule has 0 saturated heterocycles. The average Bonchev–Trinajstić information content (AvgIpc) is 2.92. The summed E-state index contributed by atoms with van der Waals surface area (Å²) < 4.78 is 1.84. The van der Waals surface area contributed by atoms with Gasteiger partial charge in [-0.3, -0.25) is 9.48 Å². The first-order valence-corrected chi connectivity index (χ1v) is 6.16. The van der Waals surface area contributed by atoms with Crippen LogP contribution in [0.25, 0.3) is 0 Å². The zero-order chi connectivity index (χ0) is 11.9. The lowest BCUT2D eigenvalue weighted by Crippen LogP contribution is -2.11. The number of hydrogen-bond donors (Lipinski definition) is 0. The quantitative estimate of drug-likeness (QED) is 0.811. The van der Waals surface area contributed by atoms with Crippen LogP contribution in [0.5, 0.6) is 0 Å². The van der Waals surface area contributed by atoms with E-state index < -0.39 is 0 Å². The van der Waals surface area contributed by atoms with Gasteiger partial charge < -0.3 is 0 Å². The summed E-state index contributed by atoms with van der Waals surface area (Å²) in [6.45, 7) is 6.77. The van der Waals surface area contributed by atoms with Gasteiger partial charge in [0.05, 0.1) is 22.8 Å². The second-order valence-electron chi connectivity index (χ2n) is 4.62. The fourth-order valence-electron chi connectivity index (χ4n) is 2.10. The molecule has 0 amide bonds. The highest BCUT2D eigenvalue weighted by atomic mass is 35.5. The highest BCUT2D eigenvalue weighted by Gasteiger charge is 2.39. The van der Waals surface area contributed by atoms with Crippen LogP contribution >= 0.6 is 11.6 Å². The third kappa shape index (κ3) is 2.01. The second kappa shape index (κ2) is 4.21. The van der Waals surface area contributed by atoms with Crippen molar-refractivity contribution in [1.29, 1.82) is 0 Å². The van der Waals surface area contributed by atoms with Crippen molar-refractivity contribution in [2.24, 2.45) is 11.8 Å². The van der Waals surface area contributed by atoms with Crippen molar-refractivity contribution in [2.45, 2.75) is 40.2 Å². The molecule has 1 aromatic rings. The third-order valence-electron chi connectivity index (χ3n) is 3.32.